The molecule has 1 fully saturated rings. The smallest absolute Gasteiger partial charge is 0.161 e. The van der Waals surface area contributed by atoms with Crippen molar-refractivity contribution in [3.8, 4) is 0 Å². The second-order valence-corrected chi connectivity index (χ2v) is 2.75. The number of rotatable bonds is 0. The number of ketones is 1. The highest BCUT2D eigenvalue weighted by atomic mass is 16.5. The quantitative estimate of drug-likeness (QED) is 0.483. The summed E-state index contributed by atoms with van der Waals surface area (Å²) in [5.41, 5.74) is 0. The Morgan fingerprint density at radius 3 is 2.67 bits per heavy atom. The van der Waals surface area contributed by atoms with Gasteiger partial charge in [0.1, 0.15) is 6.61 Å². The second kappa shape index (κ2) is 2.48. The maximum absolute atomic E-state index is 10.9. The van der Waals surface area contributed by atoms with E-state index in [1.54, 1.807) is 0 Å². The van der Waals surface area contributed by atoms with Crippen LogP contribution in [0.3, 0.4) is 0 Å². The predicted octanol–water partition coefficient (Wildman–Crippen LogP) is 0.858. The Morgan fingerprint density at radius 1 is 1.56 bits per heavy atom. The van der Waals surface area contributed by atoms with Crippen LogP contribution in [-0.4, -0.2) is 19.0 Å². The van der Waals surface area contributed by atoms with Crippen molar-refractivity contribution >= 4 is 5.78 Å². The predicted molar refractivity (Wildman–Crippen MR) is 34.2 cm³/mol. The molecule has 1 heterocycles. The van der Waals surface area contributed by atoms with E-state index in [-0.39, 0.29) is 11.7 Å². The Kier molecular flexibility index (Phi) is 1.86. The largest absolute Gasteiger partial charge is 0.373 e. The Balaban J connectivity index is 2.51. The van der Waals surface area contributed by atoms with Gasteiger partial charge in [0.25, 0.3) is 0 Å². The molecule has 0 saturated carbocycles. The molecule has 1 unspecified atom stereocenters. The molecule has 0 bridgehead atoms. The molecule has 0 radical (unpaired) electrons. The average molecular weight is 128 g/mol. The van der Waals surface area contributed by atoms with Crippen molar-refractivity contribution in [1.82, 2.24) is 0 Å². The van der Waals surface area contributed by atoms with Gasteiger partial charge < -0.3 is 4.74 Å². The summed E-state index contributed by atoms with van der Waals surface area (Å²) in [6, 6.07) is 0. The van der Waals surface area contributed by atoms with Crippen molar-refractivity contribution in [2.24, 2.45) is 11.8 Å². The van der Waals surface area contributed by atoms with Crippen LogP contribution in [0.5, 0.6) is 0 Å². The zero-order chi connectivity index (χ0) is 6.85. The molecule has 2 heteroatoms. The van der Waals surface area contributed by atoms with E-state index in [9.17, 15) is 4.79 Å². The van der Waals surface area contributed by atoms with Crippen LogP contribution in [0.25, 0.3) is 0 Å². The molecular formula is C7H12O2. The van der Waals surface area contributed by atoms with Crippen molar-refractivity contribution in [2.75, 3.05) is 13.2 Å². The molecule has 0 aromatic carbocycles. The maximum atomic E-state index is 10.9. The first-order valence-corrected chi connectivity index (χ1v) is 3.32. The molecule has 1 aliphatic rings. The van der Waals surface area contributed by atoms with Gasteiger partial charge in [-0.2, -0.15) is 0 Å². The molecule has 0 aromatic rings. The molecule has 1 saturated heterocycles. The lowest BCUT2D eigenvalue weighted by molar-refractivity contribution is -0.135. The summed E-state index contributed by atoms with van der Waals surface area (Å²) < 4.78 is 5.01. The van der Waals surface area contributed by atoms with Crippen LogP contribution in [0.15, 0.2) is 0 Å². The number of ether oxygens (including phenoxy) is 1. The van der Waals surface area contributed by atoms with Gasteiger partial charge in [0.05, 0.1) is 6.61 Å². The summed E-state index contributed by atoms with van der Waals surface area (Å²) in [5, 5.41) is 0. The van der Waals surface area contributed by atoms with Crippen molar-refractivity contribution in [1.29, 1.82) is 0 Å². The zero-order valence-corrected chi connectivity index (χ0v) is 5.89. The van der Waals surface area contributed by atoms with Gasteiger partial charge in [-0.3, -0.25) is 4.79 Å². The molecule has 52 valence electrons. The maximum Gasteiger partial charge on any atom is 0.161 e. The van der Waals surface area contributed by atoms with Gasteiger partial charge in [0.2, 0.25) is 0 Å². The minimum Gasteiger partial charge on any atom is -0.373 e. The van der Waals surface area contributed by atoms with E-state index in [1.807, 2.05) is 13.8 Å². The van der Waals surface area contributed by atoms with Gasteiger partial charge in [0, 0.05) is 5.92 Å². The van der Waals surface area contributed by atoms with Crippen molar-refractivity contribution < 1.29 is 9.53 Å². The van der Waals surface area contributed by atoms with Gasteiger partial charge >= 0.3 is 0 Å². The topological polar surface area (TPSA) is 26.3 Å². The van der Waals surface area contributed by atoms with E-state index in [0.29, 0.717) is 12.5 Å². The van der Waals surface area contributed by atoms with E-state index in [0.717, 1.165) is 6.61 Å². The Bertz CT molecular complexity index is 120. The van der Waals surface area contributed by atoms with Crippen LogP contribution in [-0.2, 0) is 9.53 Å². The van der Waals surface area contributed by atoms with Gasteiger partial charge in [-0.05, 0) is 5.92 Å². The molecule has 1 aliphatic heterocycles. The third-order valence-electron chi connectivity index (χ3n) is 1.99. The fraction of sp³-hybridized carbons (Fsp3) is 0.857. The monoisotopic (exact) mass is 128 g/mol. The third-order valence-corrected chi connectivity index (χ3v) is 1.99. The molecule has 1 rings (SSSR count). The van der Waals surface area contributed by atoms with Crippen LogP contribution >= 0.6 is 0 Å². The standard InChI is InChI=1S/C7H12O2/c1-5-3-9-4-7(8)6(5)2/h5-6H,3-4H2,1-2H3/t5?,6-/m1/s1. The van der Waals surface area contributed by atoms with Crippen LogP contribution < -0.4 is 0 Å². The zero-order valence-electron chi connectivity index (χ0n) is 5.89. The molecule has 2 nitrogen and oxygen atoms in total. The Morgan fingerprint density at radius 2 is 2.22 bits per heavy atom. The highest BCUT2D eigenvalue weighted by Crippen LogP contribution is 2.16. The summed E-state index contributed by atoms with van der Waals surface area (Å²) in [6.07, 6.45) is 0. The molecular weight excluding hydrogens is 116 g/mol. The molecule has 0 N–H and O–H groups in total. The summed E-state index contributed by atoms with van der Waals surface area (Å²) in [4.78, 5) is 10.9. The lowest BCUT2D eigenvalue weighted by Gasteiger charge is -2.23. The molecule has 2 atom stereocenters. The highest BCUT2D eigenvalue weighted by molar-refractivity contribution is 5.82. The lowest BCUT2D eigenvalue weighted by Crippen LogP contribution is -2.32. The molecule has 0 aromatic heterocycles. The SMILES string of the molecule is CC1COCC(=O)[C@@H]1C. The number of hydrogen-bond acceptors (Lipinski definition) is 2. The molecule has 0 spiro atoms. The van der Waals surface area contributed by atoms with Crippen molar-refractivity contribution in [3.05, 3.63) is 0 Å². The van der Waals surface area contributed by atoms with Crippen LogP contribution in [0.4, 0.5) is 0 Å². The normalized spacial score (nSPS) is 36.9. The van der Waals surface area contributed by atoms with E-state index in [1.165, 1.54) is 0 Å². The van der Waals surface area contributed by atoms with Crippen LogP contribution in [0.2, 0.25) is 0 Å². The van der Waals surface area contributed by atoms with E-state index in [2.05, 4.69) is 0 Å². The Hall–Kier alpha value is -0.370. The summed E-state index contributed by atoms with van der Waals surface area (Å²) in [5.74, 6) is 0.860. The van der Waals surface area contributed by atoms with Gasteiger partial charge in [-0.1, -0.05) is 13.8 Å². The third kappa shape index (κ3) is 1.30. The second-order valence-electron chi connectivity index (χ2n) is 2.75. The number of hydrogen-bond donors (Lipinski definition) is 0. The van der Waals surface area contributed by atoms with Crippen LogP contribution in [0.1, 0.15) is 13.8 Å². The fourth-order valence-corrected chi connectivity index (χ4v) is 0.939. The summed E-state index contributed by atoms with van der Waals surface area (Å²) in [6.45, 7) is 5.08. The molecule has 9 heavy (non-hydrogen) atoms. The first kappa shape index (κ1) is 6.75. The average Bonchev–Trinajstić information content (AvgIpc) is 1.83. The molecule has 0 amide bonds. The van der Waals surface area contributed by atoms with E-state index in [4.69, 9.17) is 4.74 Å². The first-order valence-electron chi connectivity index (χ1n) is 3.32. The van der Waals surface area contributed by atoms with Gasteiger partial charge in [0.15, 0.2) is 5.78 Å². The number of Topliss-reactive ketones (excluding diaryl/α,β-unsaturated/α-hetero) is 1. The van der Waals surface area contributed by atoms with Gasteiger partial charge in [-0.15, -0.1) is 0 Å². The van der Waals surface area contributed by atoms with Gasteiger partial charge in [-0.25, -0.2) is 0 Å². The van der Waals surface area contributed by atoms with Crippen molar-refractivity contribution in [3.63, 3.8) is 0 Å². The summed E-state index contributed by atoms with van der Waals surface area (Å²) in [7, 11) is 0. The Labute approximate surface area is 55.2 Å². The minimum absolute atomic E-state index is 0.207. The van der Waals surface area contributed by atoms with Crippen LogP contribution in [0, 0.1) is 11.8 Å². The lowest BCUT2D eigenvalue weighted by atomic mass is 9.91. The summed E-state index contributed by atoms with van der Waals surface area (Å²) >= 11 is 0. The fourth-order valence-electron chi connectivity index (χ4n) is 0.939. The minimum atomic E-state index is 0.207. The van der Waals surface area contributed by atoms with Crippen molar-refractivity contribution in [2.45, 2.75) is 13.8 Å². The van der Waals surface area contributed by atoms with E-state index < -0.39 is 0 Å². The number of carbonyl (C=O) groups excluding carboxylic acids is 1. The highest BCUT2D eigenvalue weighted by Gasteiger charge is 2.24. The molecule has 0 aliphatic carbocycles. The number of carbonyl (C=O) groups is 1. The first-order chi connectivity index (χ1) is 4.22. The van der Waals surface area contributed by atoms with E-state index >= 15 is 0 Å².